The van der Waals surface area contributed by atoms with Crippen molar-refractivity contribution in [2.45, 2.75) is 38.0 Å². The number of aliphatic imine (C=N–C) groups is 1. The van der Waals surface area contributed by atoms with Crippen LogP contribution in [0.25, 0.3) is 0 Å². The highest BCUT2D eigenvalue weighted by Crippen LogP contribution is 2.35. The first-order valence-electron chi connectivity index (χ1n) is 13.3. The molecule has 0 atom stereocenters. The van der Waals surface area contributed by atoms with Gasteiger partial charge in [-0.15, -0.1) is 11.8 Å². The maximum absolute atomic E-state index is 13.4. The Hall–Kier alpha value is -3.52. The van der Waals surface area contributed by atoms with Crippen LogP contribution in [0.15, 0.2) is 41.5 Å². The molecule has 1 aromatic carbocycles. The molecule has 0 saturated carbocycles. The number of benzene rings is 1. The number of para-hydroxylation sites is 2. The molecular formula is C28H35F3N4O6S. The van der Waals surface area contributed by atoms with Crippen LogP contribution in [0.1, 0.15) is 24.1 Å². The van der Waals surface area contributed by atoms with E-state index in [1.807, 2.05) is 24.3 Å². The summed E-state index contributed by atoms with van der Waals surface area (Å²) in [6.45, 7) is 2.58. The van der Waals surface area contributed by atoms with Gasteiger partial charge in [-0.1, -0.05) is 12.1 Å². The molecule has 4 rings (SSSR count). The summed E-state index contributed by atoms with van der Waals surface area (Å²) in [5.41, 5.74) is 2.67. The van der Waals surface area contributed by atoms with Crippen molar-refractivity contribution in [3.63, 3.8) is 0 Å². The Balaban J connectivity index is 0.00000237. The highest BCUT2D eigenvalue weighted by atomic mass is 32.2. The summed E-state index contributed by atoms with van der Waals surface area (Å²) in [5, 5.41) is 0.692. The average Bonchev–Trinajstić information content (AvgIpc) is 3.00. The number of ether oxygens (including phenoxy) is 4. The van der Waals surface area contributed by atoms with Gasteiger partial charge in [0.05, 0.1) is 55.6 Å². The Labute approximate surface area is 247 Å². The molecule has 0 spiro atoms. The summed E-state index contributed by atoms with van der Waals surface area (Å²) >= 11 is 1.41. The number of amides is 2. The molecule has 10 nitrogen and oxygen atoms in total. The number of pyridine rings is 1. The number of thioether (sulfide) groups is 1. The molecule has 0 radical (unpaired) electrons. The molecule has 2 aromatic rings. The number of hydrogen-bond donors (Lipinski definition) is 0. The number of likely N-dealkylation sites (N-methyl/N-ethyl adjacent to an activating group) is 1. The number of rotatable bonds is 9. The highest BCUT2D eigenvalue weighted by Gasteiger charge is 2.28. The molecule has 0 N–H and O–H groups in total. The topological polar surface area (TPSA) is 103 Å². The highest BCUT2D eigenvalue weighted by molar-refractivity contribution is 8.13. The third kappa shape index (κ3) is 9.51. The van der Waals surface area contributed by atoms with Crippen molar-refractivity contribution < 1.29 is 41.7 Å². The van der Waals surface area contributed by atoms with Gasteiger partial charge in [0.15, 0.2) is 0 Å². The van der Waals surface area contributed by atoms with Gasteiger partial charge < -0.3 is 23.8 Å². The quantitative estimate of drug-likeness (QED) is 0.328. The van der Waals surface area contributed by atoms with Crippen LogP contribution in [0.5, 0.6) is 5.75 Å². The number of carbonyl (C=O) groups is 2. The number of alkyl halides is 3. The summed E-state index contributed by atoms with van der Waals surface area (Å²) in [4.78, 5) is 37.6. The van der Waals surface area contributed by atoms with Gasteiger partial charge in [0.2, 0.25) is 0 Å². The second-order valence-electron chi connectivity index (χ2n) is 9.18. The van der Waals surface area contributed by atoms with Gasteiger partial charge in [0.1, 0.15) is 25.1 Å². The van der Waals surface area contributed by atoms with Crippen LogP contribution < -0.4 is 9.64 Å². The molecule has 0 aliphatic carbocycles. The summed E-state index contributed by atoms with van der Waals surface area (Å²) in [7, 11) is 2.13. The van der Waals surface area contributed by atoms with E-state index in [-0.39, 0.29) is 31.8 Å². The second-order valence-corrected chi connectivity index (χ2v) is 10.2. The Bertz CT molecular complexity index is 1220. The van der Waals surface area contributed by atoms with Crippen LogP contribution in [-0.2, 0) is 20.0 Å². The molecule has 2 amide bonds. The number of nitrogens with zero attached hydrogens (tertiary/aromatic N) is 4. The number of fused-ring (bicyclic) bond motifs is 1. The predicted octanol–water partition coefficient (Wildman–Crippen LogP) is 5.79. The van der Waals surface area contributed by atoms with Crippen molar-refractivity contribution in [1.82, 2.24) is 9.88 Å². The molecule has 2 aliphatic heterocycles. The first-order valence-corrected chi connectivity index (χ1v) is 14.3. The number of hydrogen-bond acceptors (Lipinski definition) is 9. The molecule has 0 bridgehead atoms. The fourth-order valence-corrected chi connectivity index (χ4v) is 5.10. The smallest absolute Gasteiger partial charge is 0.487 e. The lowest BCUT2D eigenvalue weighted by Crippen LogP contribution is -2.45. The molecule has 2 aliphatic rings. The van der Waals surface area contributed by atoms with Crippen LogP contribution in [0.3, 0.4) is 0 Å². The third-order valence-electron chi connectivity index (χ3n) is 6.35. The minimum absolute atomic E-state index is 0.00953. The predicted molar refractivity (Wildman–Crippen MR) is 154 cm³/mol. The van der Waals surface area contributed by atoms with E-state index < -0.39 is 19.2 Å². The van der Waals surface area contributed by atoms with Crippen molar-refractivity contribution in [2.75, 3.05) is 58.6 Å². The van der Waals surface area contributed by atoms with Crippen LogP contribution in [-0.4, -0.2) is 93.4 Å². The lowest BCUT2D eigenvalue weighted by atomic mass is 10.2. The van der Waals surface area contributed by atoms with Gasteiger partial charge >= 0.3 is 12.2 Å². The summed E-state index contributed by atoms with van der Waals surface area (Å²) in [6.07, 6.45) is -0.745. The van der Waals surface area contributed by atoms with E-state index in [2.05, 4.69) is 4.98 Å². The number of halogens is 3. The monoisotopic (exact) mass is 612 g/mol. The van der Waals surface area contributed by atoms with E-state index in [4.69, 9.17) is 23.9 Å². The zero-order valence-electron chi connectivity index (χ0n) is 23.8. The number of aromatic nitrogens is 1. The average molecular weight is 613 g/mol. The van der Waals surface area contributed by atoms with Crippen LogP contribution in [0.2, 0.25) is 0 Å². The first kappa shape index (κ1) is 33.0. The number of urea groups is 1. The minimum atomic E-state index is -2.57. The van der Waals surface area contributed by atoms with Crippen molar-refractivity contribution >= 4 is 40.4 Å². The maximum Gasteiger partial charge on any atom is 0.508 e. The SMILES string of the molecule is CF.Cc1c(OCC(F)F)ccnc1CSC1=Nc2ccccc2N(C(=O)N(C)CCOC(=O)OC2CCOCC2)C1. The molecule has 1 saturated heterocycles. The van der Waals surface area contributed by atoms with Gasteiger partial charge in [-0.2, -0.15) is 0 Å². The van der Waals surface area contributed by atoms with Gasteiger partial charge in [-0.3, -0.25) is 14.3 Å². The second kappa shape index (κ2) is 16.8. The molecule has 1 fully saturated rings. The largest absolute Gasteiger partial charge is 0.508 e. The number of carbonyl (C=O) groups excluding carboxylic acids is 2. The van der Waals surface area contributed by atoms with Crippen LogP contribution in [0, 0.1) is 6.92 Å². The summed E-state index contributed by atoms with van der Waals surface area (Å²) in [6, 6.07) is 8.61. The maximum atomic E-state index is 13.4. The molecule has 0 unspecified atom stereocenters. The Morgan fingerprint density at radius 1 is 1.19 bits per heavy atom. The third-order valence-corrected chi connectivity index (χ3v) is 7.32. The Morgan fingerprint density at radius 3 is 2.67 bits per heavy atom. The van der Waals surface area contributed by atoms with Crippen molar-refractivity contribution in [2.24, 2.45) is 4.99 Å². The molecule has 14 heteroatoms. The fourth-order valence-electron chi connectivity index (χ4n) is 4.12. The molecule has 1 aromatic heterocycles. The fraction of sp³-hybridized carbons (Fsp3) is 0.500. The Morgan fingerprint density at radius 2 is 1.93 bits per heavy atom. The van der Waals surface area contributed by atoms with Crippen LogP contribution >= 0.6 is 11.8 Å². The van der Waals surface area contributed by atoms with E-state index >= 15 is 0 Å². The van der Waals surface area contributed by atoms with E-state index in [1.54, 1.807) is 24.9 Å². The zero-order chi connectivity index (χ0) is 30.5. The van der Waals surface area contributed by atoms with Gasteiger partial charge in [-0.05, 0) is 25.1 Å². The van der Waals surface area contributed by atoms with Gasteiger partial charge in [0, 0.05) is 37.4 Å². The van der Waals surface area contributed by atoms with E-state index in [0.29, 0.717) is 72.4 Å². The molecular weight excluding hydrogens is 577 g/mol. The van der Waals surface area contributed by atoms with E-state index in [0.717, 1.165) is 0 Å². The van der Waals surface area contributed by atoms with E-state index in [1.165, 1.54) is 22.9 Å². The molecule has 3 heterocycles. The van der Waals surface area contributed by atoms with Crippen LogP contribution in [0.4, 0.5) is 34.1 Å². The van der Waals surface area contributed by atoms with E-state index in [9.17, 15) is 22.8 Å². The molecule has 42 heavy (non-hydrogen) atoms. The van der Waals surface area contributed by atoms with Gasteiger partial charge in [0.25, 0.3) is 6.43 Å². The minimum Gasteiger partial charge on any atom is -0.487 e. The Kier molecular flexibility index (Phi) is 13.2. The number of anilines is 1. The lowest BCUT2D eigenvalue weighted by Gasteiger charge is -2.32. The standard InChI is InChI=1S/C27H32F2N4O6S.CH3F/c1-18-21(30-10-7-23(18)38-16-24(28)29)17-40-25-15-33(22-6-4-3-5-20(22)31-25)26(34)32(2)11-14-37-27(35)39-19-8-12-36-13-9-19;1-2/h3-7,10,19,24H,8-9,11-17H2,1-2H3;1H3. The molecule has 230 valence electrons. The normalized spacial score (nSPS) is 14.7. The van der Waals surface area contributed by atoms with Crippen molar-refractivity contribution in [3.8, 4) is 5.75 Å². The van der Waals surface area contributed by atoms with Crippen molar-refractivity contribution in [1.29, 1.82) is 0 Å². The lowest BCUT2D eigenvalue weighted by molar-refractivity contribution is -0.0283. The zero-order valence-corrected chi connectivity index (χ0v) is 24.6. The summed E-state index contributed by atoms with van der Waals surface area (Å²) < 4.78 is 55.6. The first-order chi connectivity index (χ1) is 20.3. The van der Waals surface area contributed by atoms with Crippen molar-refractivity contribution in [3.05, 3.63) is 47.8 Å². The van der Waals surface area contributed by atoms with Gasteiger partial charge in [-0.25, -0.2) is 23.4 Å². The summed E-state index contributed by atoms with van der Waals surface area (Å²) in [5.74, 6) is 0.777.